The van der Waals surface area contributed by atoms with E-state index in [4.69, 9.17) is 11.6 Å². The van der Waals surface area contributed by atoms with Crippen molar-refractivity contribution in [2.24, 2.45) is 0 Å². The lowest BCUT2D eigenvalue weighted by atomic mass is 10.0. The minimum Gasteiger partial charge on any atom is -0.366 e. The Morgan fingerprint density at radius 3 is 2.65 bits per heavy atom. The zero-order chi connectivity index (χ0) is 14.7. The molecular weight excluding hydrogens is 282 g/mol. The van der Waals surface area contributed by atoms with Gasteiger partial charge in [-0.2, -0.15) is 0 Å². The summed E-state index contributed by atoms with van der Waals surface area (Å²) in [5, 5.41) is 14.3. The van der Waals surface area contributed by atoms with E-state index >= 15 is 0 Å². The van der Waals surface area contributed by atoms with Crippen molar-refractivity contribution >= 4 is 28.9 Å². The number of amides is 1. The second kappa shape index (κ2) is 6.09. The Bertz CT molecular complexity index is 528. The summed E-state index contributed by atoms with van der Waals surface area (Å²) in [6, 6.07) is 4.86. The molecule has 2 rings (SSSR count). The Labute approximate surface area is 121 Å². The summed E-state index contributed by atoms with van der Waals surface area (Å²) >= 11 is 5.81. The third kappa shape index (κ3) is 3.39. The molecule has 0 atom stereocenters. The fraction of sp³-hybridized carbons (Fsp3) is 0.462. The number of halogens is 1. The van der Waals surface area contributed by atoms with Gasteiger partial charge in [0.1, 0.15) is 5.69 Å². The summed E-state index contributed by atoms with van der Waals surface area (Å²) in [4.78, 5) is 23.7. The summed E-state index contributed by atoms with van der Waals surface area (Å²) < 4.78 is 0. The van der Waals surface area contributed by atoms with E-state index in [9.17, 15) is 14.9 Å². The van der Waals surface area contributed by atoms with Gasteiger partial charge < -0.3 is 10.2 Å². The van der Waals surface area contributed by atoms with Crippen molar-refractivity contribution in [2.75, 3.05) is 18.0 Å². The van der Waals surface area contributed by atoms with E-state index in [1.807, 2.05) is 4.90 Å². The number of rotatable bonds is 3. The molecule has 6 nitrogen and oxygen atoms in total. The molecule has 7 heteroatoms. The molecule has 0 spiro atoms. The summed E-state index contributed by atoms with van der Waals surface area (Å²) in [5.41, 5.74) is 0.608. The quantitative estimate of drug-likeness (QED) is 0.686. The summed E-state index contributed by atoms with van der Waals surface area (Å²) in [6.45, 7) is 2.84. The van der Waals surface area contributed by atoms with Gasteiger partial charge in [-0.1, -0.05) is 11.6 Å². The van der Waals surface area contributed by atoms with Gasteiger partial charge >= 0.3 is 0 Å². The molecule has 1 aromatic rings. The fourth-order valence-corrected chi connectivity index (χ4v) is 2.63. The van der Waals surface area contributed by atoms with Crippen LogP contribution in [-0.2, 0) is 4.79 Å². The fourth-order valence-electron chi connectivity index (χ4n) is 2.46. The molecule has 1 saturated heterocycles. The average molecular weight is 298 g/mol. The Morgan fingerprint density at radius 1 is 1.45 bits per heavy atom. The Kier molecular flexibility index (Phi) is 4.44. The predicted molar refractivity (Wildman–Crippen MR) is 77.2 cm³/mol. The third-order valence-electron chi connectivity index (χ3n) is 3.38. The van der Waals surface area contributed by atoms with Crippen molar-refractivity contribution in [1.29, 1.82) is 0 Å². The van der Waals surface area contributed by atoms with Crippen molar-refractivity contribution in [3.63, 3.8) is 0 Å². The topological polar surface area (TPSA) is 75.5 Å². The molecule has 1 aliphatic rings. The van der Waals surface area contributed by atoms with E-state index in [-0.39, 0.29) is 17.6 Å². The van der Waals surface area contributed by atoms with E-state index in [1.165, 1.54) is 13.0 Å². The lowest BCUT2D eigenvalue weighted by molar-refractivity contribution is -0.384. The summed E-state index contributed by atoms with van der Waals surface area (Å²) in [7, 11) is 0. The maximum Gasteiger partial charge on any atom is 0.294 e. The molecule has 0 radical (unpaired) electrons. The van der Waals surface area contributed by atoms with Crippen LogP contribution >= 0.6 is 11.6 Å². The van der Waals surface area contributed by atoms with Gasteiger partial charge in [-0.3, -0.25) is 14.9 Å². The number of nitrogens with zero attached hydrogens (tertiary/aromatic N) is 2. The largest absolute Gasteiger partial charge is 0.366 e. The Balaban J connectivity index is 2.11. The first-order chi connectivity index (χ1) is 9.47. The maximum absolute atomic E-state index is 11.1. The normalized spacial score (nSPS) is 16.0. The van der Waals surface area contributed by atoms with Crippen LogP contribution in [0.15, 0.2) is 18.2 Å². The molecule has 20 heavy (non-hydrogen) atoms. The monoisotopic (exact) mass is 297 g/mol. The molecule has 1 aliphatic heterocycles. The SMILES string of the molecule is CC(=O)NC1CCN(c2ccc(Cl)cc2[N+](=O)[O-])CC1. The van der Waals surface area contributed by atoms with Crippen LogP contribution in [0.3, 0.4) is 0 Å². The van der Waals surface area contributed by atoms with E-state index in [1.54, 1.807) is 12.1 Å². The number of anilines is 1. The minimum absolute atomic E-state index is 0.0236. The van der Waals surface area contributed by atoms with Crippen molar-refractivity contribution in [2.45, 2.75) is 25.8 Å². The molecule has 0 aliphatic carbocycles. The third-order valence-corrected chi connectivity index (χ3v) is 3.61. The molecule has 1 amide bonds. The van der Waals surface area contributed by atoms with Gasteiger partial charge in [-0.15, -0.1) is 0 Å². The number of piperidine rings is 1. The summed E-state index contributed by atoms with van der Waals surface area (Å²) in [5.74, 6) is -0.0408. The molecule has 1 aromatic carbocycles. The Morgan fingerprint density at radius 2 is 2.10 bits per heavy atom. The molecule has 1 heterocycles. The van der Waals surface area contributed by atoms with Crippen LogP contribution in [0.2, 0.25) is 5.02 Å². The number of nitrogens with one attached hydrogen (secondary N) is 1. The van der Waals surface area contributed by atoms with E-state index in [2.05, 4.69) is 5.32 Å². The smallest absolute Gasteiger partial charge is 0.294 e. The first-order valence-electron chi connectivity index (χ1n) is 6.43. The second-order valence-corrected chi connectivity index (χ2v) is 5.29. The average Bonchev–Trinajstić information content (AvgIpc) is 2.39. The van der Waals surface area contributed by atoms with Gasteiger partial charge in [-0.05, 0) is 25.0 Å². The van der Waals surface area contributed by atoms with E-state index in [0.717, 1.165) is 12.8 Å². The molecule has 1 N–H and O–H groups in total. The zero-order valence-electron chi connectivity index (χ0n) is 11.1. The number of benzene rings is 1. The van der Waals surface area contributed by atoms with Crippen LogP contribution in [0.25, 0.3) is 0 Å². The van der Waals surface area contributed by atoms with E-state index < -0.39 is 4.92 Å². The first-order valence-corrected chi connectivity index (χ1v) is 6.81. The van der Waals surface area contributed by atoms with Crippen molar-refractivity contribution in [1.82, 2.24) is 5.32 Å². The number of hydrogen-bond acceptors (Lipinski definition) is 4. The number of carbonyl (C=O) groups is 1. The zero-order valence-corrected chi connectivity index (χ0v) is 11.9. The van der Waals surface area contributed by atoms with Crippen LogP contribution in [0.1, 0.15) is 19.8 Å². The molecule has 108 valence electrons. The van der Waals surface area contributed by atoms with Gasteiger partial charge in [0.25, 0.3) is 5.69 Å². The maximum atomic E-state index is 11.1. The first kappa shape index (κ1) is 14.6. The molecule has 1 fully saturated rings. The van der Waals surface area contributed by atoms with Gasteiger partial charge in [-0.25, -0.2) is 0 Å². The van der Waals surface area contributed by atoms with E-state index in [0.29, 0.717) is 23.8 Å². The highest BCUT2D eigenvalue weighted by Crippen LogP contribution is 2.32. The lowest BCUT2D eigenvalue weighted by Gasteiger charge is -2.33. The predicted octanol–water partition coefficient (Wildman–Crippen LogP) is 2.35. The van der Waals surface area contributed by atoms with Crippen molar-refractivity contribution < 1.29 is 9.72 Å². The molecule has 0 saturated carbocycles. The van der Waals surface area contributed by atoms with Gasteiger partial charge in [0, 0.05) is 37.1 Å². The number of nitro groups is 1. The van der Waals surface area contributed by atoms with Crippen LogP contribution in [0.5, 0.6) is 0 Å². The van der Waals surface area contributed by atoms with Crippen molar-refractivity contribution in [3.8, 4) is 0 Å². The molecule has 0 bridgehead atoms. The van der Waals surface area contributed by atoms with Gasteiger partial charge in [0.05, 0.1) is 4.92 Å². The van der Waals surface area contributed by atoms with Crippen LogP contribution in [-0.4, -0.2) is 30.0 Å². The second-order valence-electron chi connectivity index (χ2n) is 4.85. The van der Waals surface area contributed by atoms with Crippen LogP contribution in [0, 0.1) is 10.1 Å². The highest BCUT2D eigenvalue weighted by Gasteiger charge is 2.25. The highest BCUT2D eigenvalue weighted by atomic mass is 35.5. The standard InChI is InChI=1S/C13H16ClN3O3/c1-9(18)15-11-4-6-16(7-5-11)12-3-2-10(14)8-13(12)17(19)20/h2-3,8,11H,4-7H2,1H3,(H,15,18). The van der Waals surface area contributed by atoms with Gasteiger partial charge in [0.15, 0.2) is 0 Å². The minimum atomic E-state index is -0.416. The van der Waals surface area contributed by atoms with Crippen LogP contribution < -0.4 is 10.2 Å². The molecular formula is C13H16ClN3O3. The number of carbonyl (C=O) groups excluding carboxylic acids is 1. The number of nitro benzene ring substituents is 1. The van der Waals surface area contributed by atoms with Gasteiger partial charge in [0.2, 0.25) is 5.91 Å². The summed E-state index contributed by atoms with van der Waals surface area (Å²) in [6.07, 6.45) is 1.55. The lowest BCUT2D eigenvalue weighted by Crippen LogP contribution is -2.44. The van der Waals surface area contributed by atoms with Crippen LogP contribution in [0.4, 0.5) is 11.4 Å². The van der Waals surface area contributed by atoms with Crippen molar-refractivity contribution in [3.05, 3.63) is 33.3 Å². The molecule has 0 aromatic heterocycles. The Hall–Kier alpha value is -1.82. The highest BCUT2D eigenvalue weighted by molar-refractivity contribution is 6.30. The molecule has 0 unspecified atom stereocenters. The number of hydrogen-bond donors (Lipinski definition) is 1.